The molecule has 2 aromatic heterocycles. The van der Waals surface area contributed by atoms with E-state index in [4.69, 9.17) is 9.52 Å². The van der Waals surface area contributed by atoms with Gasteiger partial charge in [0.05, 0.1) is 0 Å². The number of carboxylic acids is 1. The van der Waals surface area contributed by atoms with Crippen molar-refractivity contribution in [1.29, 1.82) is 0 Å². The first-order chi connectivity index (χ1) is 7.75. The minimum Gasteiger partial charge on any atom is -0.475 e. The first-order valence-corrected chi connectivity index (χ1v) is 5.73. The molecule has 0 aliphatic heterocycles. The molecule has 84 valence electrons. The standard InChI is InChI=1S/C11H11NO3S/c13-11(14)9-3-4-10(15-9)12-6-5-8-2-1-7-16-8/h1-4,7,12H,5-6H2,(H,13,14). The van der Waals surface area contributed by atoms with Crippen LogP contribution >= 0.6 is 11.3 Å². The first-order valence-electron chi connectivity index (χ1n) is 4.85. The lowest BCUT2D eigenvalue weighted by Gasteiger charge is -2.00. The summed E-state index contributed by atoms with van der Waals surface area (Å²) in [5.41, 5.74) is 0. The third kappa shape index (κ3) is 2.64. The number of hydrogen-bond acceptors (Lipinski definition) is 4. The molecule has 5 heteroatoms. The van der Waals surface area contributed by atoms with Crippen molar-refractivity contribution in [1.82, 2.24) is 0 Å². The number of carbonyl (C=O) groups is 1. The van der Waals surface area contributed by atoms with Crippen molar-refractivity contribution in [2.45, 2.75) is 6.42 Å². The highest BCUT2D eigenvalue weighted by Crippen LogP contribution is 2.14. The molecule has 0 bridgehead atoms. The molecule has 0 atom stereocenters. The van der Waals surface area contributed by atoms with Crippen molar-refractivity contribution >= 4 is 23.2 Å². The molecule has 0 saturated carbocycles. The van der Waals surface area contributed by atoms with Crippen LogP contribution < -0.4 is 5.32 Å². The molecular weight excluding hydrogens is 226 g/mol. The first kappa shape index (κ1) is 10.8. The van der Waals surface area contributed by atoms with Crippen LogP contribution in [0.3, 0.4) is 0 Å². The van der Waals surface area contributed by atoms with Crippen molar-refractivity contribution < 1.29 is 14.3 Å². The Bertz CT molecular complexity index is 461. The molecule has 0 aromatic carbocycles. The fourth-order valence-corrected chi connectivity index (χ4v) is 2.02. The predicted octanol–water partition coefficient (Wildman–Crippen LogP) is 2.69. The zero-order chi connectivity index (χ0) is 11.4. The maximum Gasteiger partial charge on any atom is 0.371 e. The lowest BCUT2D eigenvalue weighted by Crippen LogP contribution is -2.02. The maximum atomic E-state index is 10.6. The van der Waals surface area contributed by atoms with Gasteiger partial charge in [-0.1, -0.05) is 6.07 Å². The minimum atomic E-state index is -1.05. The van der Waals surface area contributed by atoms with Crippen molar-refractivity contribution in [3.63, 3.8) is 0 Å². The molecule has 2 rings (SSSR count). The molecule has 0 amide bonds. The molecule has 4 nitrogen and oxygen atoms in total. The van der Waals surface area contributed by atoms with Gasteiger partial charge in [0.1, 0.15) is 0 Å². The lowest BCUT2D eigenvalue weighted by atomic mass is 10.3. The van der Waals surface area contributed by atoms with E-state index in [-0.39, 0.29) is 5.76 Å². The summed E-state index contributed by atoms with van der Waals surface area (Å²) >= 11 is 1.70. The summed E-state index contributed by atoms with van der Waals surface area (Å²) in [5.74, 6) is -0.598. The number of anilines is 1. The largest absolute Gasteiger partial charge is 0.475 e. The van der Waals surface area contributed by atoms with Gasteiger partial charge in [0.2, 0.25) is 5.76 Å². The Morgan fingerprint density at radius 2 is 2.31 bits per heavy atom. The Labute approximate surface area is 96.5 Å². The van der Waals surface area contributed by atoms with Gasteiger partial charge >= 0.3 is 5.97 Å². The predicted molar refractivity (Wildman–Crippen MR) is 62.2 cm³/mol. The second-order valence-corrected chi connectivity index (χ2v) is 4.26. The molecule has 0 spiro atoms. The number of nitrogens with one attached hydrogen (secondary N) is 1. The summed E-state index contributed by atoms with van der Waals surface area (Å²) in [4.78, 5) is 11.8. The lowest BCUT2D eigenvalue weighted by molar-refractivity contribution is 0.0663. The van der Waals surface area contributed by atoms with E-state index in [2.05, 4.69) is 11.4 Å². The molecule has 0 fully saturated rings. The third-order valence-corrected chi connectivity index (χ3v) is 3.00. The van der Waals surface area contributed by atoms with Gasteiger partial charge in [-0.3, -0.25) is 0 Å². The van der Waals surface area contributed by atoms with Crippen molar-refractivity contribution in [3.05, 3.63) is 40.3 Å². The third-order valence-electron chi connectivity index (χ3n) is 2.07. The summed E-state index contributed by atoms with van der Waals surface area (Å²) in [7, 11) is 0. The Balaban J connectivity index is 1.83. The van der Waals surface area contributed by atoms with Crippen LogP contribution in [0.4, 0.5) is 5.88 Å². The van der Waals surface area contributed by atoms with Gasteiger partial charge in [0.15, 0.2) is 5.88 Å². The van der Waals surface area contributed by atoms with Gasteiger partial charge in [0.25, 0.3) is 0 Å². The number of furan rings is 1. The van der Waals surface area contributed by atoms with Gasteiger partial charge in [0, 0.05) is 17.5 Å². The molecule has 16 heavy (non-hydrogen) atoms. The highest BCUT2D eigenvalue weighted by molar-refractivity contribution is 7.09. The normalized spacial score (nSPS) is 10.2. The van der Waals surface area contributed by atoms with Crippen LogP contribution in [-0.2, 0) is 6.42 Å². The second kappa shape index (κ2) is 4.85. The summed E-state index contributed by atoms with van der Waals surface area (Å²) in [5, 5.41) is 13.7. The Morgan fingerprint density at radius 1 is 1.44 bits per heavy atom. The van der Waals surface area contributed by atoms with Gasteiger partial charge in [-0.25, -0.2) is 4.79 Å². The van der Waals surface area contributed by atoms with E-state index in [1.165, 1.54) is 10.9 Å². The van der Waals surface area contributed by atoms with E-state index in [9.17, 15) is 4.79 Å². The van der Waals surface area contributed by atoms with Crippen LogP contribution in [-0.4, -0.2) is 17.6 Å². The summed E-state index contributed by atoms with van der Waals surface area (Å²) in [6.07, 6.45) is 0.904. The topological polar surface area (TPSA) is 62.5 Å². The summed E-state index contributed by atoms with van der Waals surface area (Å²) in [6.45, 7) is 0.729. The van der Waals surface area contributed by atoms with E-state index in [1.54, 1.807) is 17.4 Å². The second-order valence-electron chi connectivity index (χ2n) is 3.23. The van der Waals surface area contributed by atoms with Crippen LogP contribution in [0.15, 0.2) is 34.1 Å². The number of thiophene rings is 1. The molecule has 0 radical (unpaired) electrons. The average molecular weight is 237 g/mol. The van der Waals surface area contributed by atoms with E-state index in [0.29, 0.717) is 5.88 Å². The van der Waals surface area contributed by atoms with Gasteiger partial charge in [-0.15, -0.1) is 11.3 Å². The molecule has 2 aromatic rings. The maximum absolute atomic E-state index is 10.6. The van der Waals surface area contributed by atoms with Crippen LogP contribution in [0.5, 0.6) is 0 Å². The summed E-state index contributed by atoms with van der Waals surface area (Å²) < 4.78 is 5.06. The van der Waals surface area contributed by atoms with E-state index >= 15 is 0 Å². The Morgan fingerprint density at radius 3 is 2.94 bits per heavy atom. The number of aromatic carboxylic acids is 1. The number of carboxylic acid groups (broad SMARTS) is 1. The fraction of sp³-hybridized carbons (Fsp3) is 0.182. The zero-order valence-electron chi connectivity index (χ0n) is 8.47. The van der Waals surface area contributed by atoms with Gasteiger partial charge in [-0.05, 0) is 23.9 Å². The molecule has 0 unspecified atom stereocenters. The summed E-state index contributed by atoms with van der Waals surface area (Å²) in [6, 6.07) is 7.14. The van der Waals surface area contributed by atoms with Gasteiger partial charge < -0.3 is 14.8 Å². The SMILES string of the molecule is O=C(O)c1ccc(NCCc2cccs2)o1. The highest BCUT2D eigenvalue weighted by atomic mass is 32.1. The quantitative estimate of drug-likeness (QED) is 0.839. The molecule has 2 N–H and O–H groups in total. The van der Waals surface area contributed by atoms with Crippen LogP contribution in [0.1, 0.15) is 15.4 Å². The molecule has 0 saturated heterocycles. The fourth-order valence-electron chi connectivity index (χ4n) is 1.31. The zero-order valence-corrected chi connectivity index (χ0v) is 9.29. The van der Waals surface area contributed by atoms with Crippen LogP contribution in [0.25, 0.3) is 0 Å². The molecule has 0 aliphatic rings. The van der Waals surface area contributed by atoms with Crippen LogP contribution in [0.2, 0.25) is 0 Å². The number of rotatable bonds is 5. The van der Waals surface area contributed by atoms with Crippen molar-refractivity contribution in [3.8, 4) is 0 Å². The molecular formula is C11H11NO3S. The van der Waals surface area contributed by atoms with Crippen molar-refractivity contribution in [2.24, 2.45) is 0 Å². The molecule has 0 aliphatic carbocycles. The minimum absolute atomic E-state index is 0.0429. The number of hydrogen-bond donors (Lipinski definition) is 2. The molecule has 2 heterocycles. The Hall–Kier alpha value is -1.75. The van der Waals surface area contributed by atoms with E-state index in [1.807, 2.05) is 11.4 Å². The van der Waals surface area contributed by atoms with E-state index in [0.717, 1.165) is 13.0 Å². The van der Waals surface area contributed by atoms with Crippen LogP contribution in [0, 0.1) is 0 Å². The van der Waals surface area contributed by atoms with E-state index < -0.39 is 5.97 Å². The monoisotopic (exact) mass is 237 g/mol. The average Bonchev–Trinajstić information content (AvgIpc) is 2.87. The Kier molecular flexibility index (Phi) is 3.26. The van der Waals surface area contributed by atoms with Crippen molar-refractivity contribution in [2.75, 3.05) is 11.9 Å². The van der Waals surface area contributed by atoms with Gasteiger partial charge in [-0.2, -0.15) is 0 Å². The smallest absolute Gasteiger partial charge is 0.371 e. The highest BCUT2D eigenvalue weighted by Gasteiger charge is 2.07.